The van der Waals surface area contributed by atoms with Gasteiger partial charge in [0.1, 0.15) is 0 Å². The van der Waals surface area contributed by atoms with Crippen molar-refractivity contribution in [2.24, 2.45) is 5.92 Å². The first kappa shape index (κ1) is 8.92. The van der Waals surface area contributed by atoms with Crippen molar-refractivity contribution in [3.63, 3.8) is 0 Å². The predicted molar refractivity (Wildman–Crippen MR) is 55.1 cm³/mol. The third-order valence-corrected chi connectivity index (χ3v) is 3.07. The SMILES string of the molecule is O=C1C(C2CO2)CN1Cc1ccccc1. The number of likely N-dealkylation sites (tertiary alicyclic amines) is 1. The average Bonchev–Trinajstić information content (AvgIpc) is 3.08. The molecule has 2 aliphatic rings. The van der Waals surface area contributed by atoms with E-state index in [1.54, 1.807) is 0 Å². The Morgan fingerprint density at radius 2 is 2.07 bits per heavy atom. The molecule has 3 rings (SSSR count). The summed E-state index contributed by atoms with van der Waals surface area (Å²) in [6.45, 7) is 2.37. The minimum atomic E-state index is 0.147. The molecule has 2 saturated heterocycles. The van der Waals surface area contributed by atoms with Gasteiger partial charge in [-0.1, -0.05) is 30.3 Å². The van der Waals surface area contributed by atoms with Gasteiger partial charge in [-0.3, -0.25) is 4.79 Å². The molecule has 2 unspecified atom stereocenters. The lowest BCUT2D eigenvalue weighted by Gasteiger charge is -2.37. The maximum Gasteiger partial charge on any atom is 0.230 e. The quantitative estimate of drug-likeness (QED) is 0.543. The molecule has 1 aromatic rings. The summed E-state index contributed by atoms with van der Waals surface area (Å²) >= 11 is 0. The number of epoxide rings is 1. The number of amides is 1. The van der Waals surface area contributed by atoms with E-state index in [9.17, 15) is 4.79 Å². The molecular weight excluding hydrogens is 190 g/mol. The van der Waals surface area contributed by atoms with Gasteiger partial charge in [0.2, 0.25) is 5.91 Å². The van der Waals surface area contributed by atoms with Gasteiger partial charge in [0.05, 0.1) is 18.6 Å². The van der Waals surface area contributed by atoms with E-state index < -0.39 is 0 Å². The van der Waals surface area contributed by atoms with Crippen LogP contribution in [0.4, 0.5) is 0 Å². The number of hydrogen-bond donors (Lipinski definition) is 0. The Hall–Kier alpha value is -1.35. The lowest BCUT2D eigenvalue weighted by Crippen LogP contribution is -2.54. The minimum Gasteiger partial charge on any atom is -0.372 e. The zero-order valence-corrected chi connectivity index (χ0v) is 8.43. The van der Waals surface area contributed by atoms with Gasteiger partial charge in [0, 0.05) is 13.1 Å². The standard InChI is InChI=1S/C12H13NO2/c14-12-10(11-8-15-11)7-13(12)6-9-4-2-1-3-5-9/h1-5,10-11H,6-8H2. The first-order chi connectivity index (χ1) is 7.34. The summed E-state index contributed by atoms with van der Waals surface area (Å²) in [5.41, 5.74) is 1.20. The monoisotopic (exact) mass is 203 g/mol. The molecule has 0 aromatic heterocycles. The largest absolute Gasteiger partial charge is 0.372 e. The summed E-state index contributed by atoms with van der Waals surface area (Å²) in [5, 5.41) is 0. The highest BCUT2D eigenvalue weighted by molar-refractivity contribution is 5.85. The van der Waals surface area contributed by atoms with Crippen molar-refractivity contribution in [2.75, 3.05) is 13.2 Å². The number of β-lactam (4-membered cyclic amide) rings is 1. The number of carbonyl (C=O) groups is 1. The molecule has 15 heavy (non-hydrogen) atoms. The maximum atomic E-state index is 11.7. The summed E-state index contributed by atoms with van der Waals surface area (Å²) in [4.78, 5) is 13.6. The van der Waals surface area contributed by atoms with Crippen LogP contribution in [0.5, 0.6) is 0 Å². The van der Waals surface area contributed by atoms with Gasteiger partial charge in [-0.15, -0.1) is 0 Å². The van der Waals surface area contributed by atoms with Crippen LogP contribution in [-0.4, -0.2) is 30.1 Å². The molecule has 2 aliphatic heterocycles. The second-order valence-electron chi connectivity index (χ2n) is 4.18. The smallest absolute Gasteiger partial charge is 0.230 e. The Balaban J connectivity index is 1.60. The van der Waals surface area contributed by atoms with Crippen LogP contribution >= 0.6 is 0 Å². The van der Waals surface area contributed by atoms with Crippen LogP contribution in [0, 0.1) is 5.92 Å². The van der Waals surface area contributed by atoms with Gasteiger partial charge in [-0.25, -0.2) is 0 Å². The molecule has 0 bridgehead atoms. The molecule has 2 heterocycles. The molecule has 3 nitrogen and oxygen atoms in total. The second-order valence-corrected chi connectivity index (χ2v) is 4.18. The summed E-state index contributed by atoms with van der Waals surface area (Å²) in [7, 11) is 0. The van der Waals surface area contributed by atoms with Crippen LogP contribution < -0.4 is 0 Å². The Morgan fingerprint density at radius 1 is 1.33 bits per heavy atom. The lowest BCUT2D eigenvalue weighted by atomic mass is 9.95. The van der Waals surface area contributed by atoms with E-state index in [1.165, 1.54) is 5.56 Å². The first-order valence-corrected chi connectivity index (χ1v) is 5.29. The summed E-state index contributed by atoms with van der Waals surface area (Å²) < 4.78 is 5.13. The number of rotatable bonds is 3. The first-order valence-electron chi connectivity index (χ1n) is 5.29. The number of nitrogens with zero attached hydrogens (tertiary/aromatic N) is 1. The van der Waals surface area contributed by atoms with E-state index in [0.717, 1.165) is 19.7 Å². The van der Waals surface area contributed by atoms with Gasteiger partial charge >= 0.3 is 0 Å². The summed E-state index contributed by atoms with van der Waals surface area (Å²) in [6.07, 6.45) is 0.226. The van der Waals surface area contributed by atoms with Crippen molar-refractivity contribution in [3.05, 3.63) is 35.9 Å². The number of ether oxygens (including phenoxy) is 1. The molecule has 78 valence electrons. The molecule has 0 radical (unpaired) electrons. The number of hydrogen-bond acceptors (Lipinski definition) is 2. The highest BCUT2D eigenvalue weighted by atomic mass is 16.6. The minimum absolute atomic E-state index is 0.147. The Bertz CT molecular complexity index is 372. The molecule has 0 spiro atoms. The highest BCUT2D eigenvalue weighted by Gasteiger charge is 2.47. The van der Waals surface area contributed by atoms with Gasteiger partial charge in [-0.2, -0.15) is 0 Å². The van der Waals surface area contributed by atoms with E-state index in [0.29, 0.717) is 0 Å². The molecule has 2 fully saturated rings. The third kappa shape index (κ3) is 1.63. The molecule has 3 heteroatoms. The third-order valence-electron chi connectivity index (χ3n) is 3.07. The number of carbonyl (C=O) groups excluding carboxylic acids is 1. The van der Waals surface area contributed by atoms with Crippen LogP contribution in [0.2, 0.25) is 0 Å². The maximum absolute atomic E-state index is 11.7. The predicted octanol–water partition coefficient (Wildman–Crippen LogP) is 1.04. The van der Waals surface area contributed by atoms with Crippen LogP contribution in [-0.2, 0) is 16.1 Å². The van der Waals surface area contributed by atoms with Crippen molar-refractivity contribution >= 4 is 5.91 Å². The fourth-order valence-corrected chi connectivity index (χ4v) is 2.04. The van der Waals surface area contributed by atoms with Crippen molar-refractivity contribution < 1.29 is 9.53 Å². The Labute approximate surface area is 88.6 Å². The van der Waals surface area contributed by atoms with Gasteiger partial charge in [0.15, 0.2) is 0 Å². The molecular formula is C12H13NO2. The summed E-state index contributed by atoms with van der Waals surface area (Å²) in [6, 6.07) is 10.1. The van der Waals surface area contributed by atoms with Crippen molar-refractivity contribution in [2.45, 2.75) is 12.6 Å². The van der Waals surface area contributed by atoms with Crippen LogP contribution in [0.25, 0.3) is 0 Å². The fourth-order valence-electron chi connectivity index (χ4n) is 2.04. The molecule has 2 atom stereocenters. The van der Waals surface area contributed by atoms with Crippen molar-refractivity contribution in [1.29, 1.82) is 0 Å². The van der Waals surface area contributed by atoms with Gasteiger partial charge in [0.25, 0.3) is 0 Å². The van der Waals surface area contributed by atoms with E-state index in [2.05, 4.69) is 0 Å². The van der Waals surface area contributed by atoms with E-state index in [1.807, 2.05) is 35.2 Å². The molecule has 0 saturated carbocycles. The van der Waals surface area contributed by atoms with Gasteiger partial charge in [-0.05, 0) is 5.56 Å². The van der Waals surface area contributed by atoms with E-state index in [4.69, 9.17) is 4.74 Å². The van der Waals surface area contributed by atoms with E-state index in [-0.39, 0.29) is 17.9 Å². The van der Waals surface area contributed by atoms with E-state index >= 15 is 0 Å². The Morgan fingerprint density at radius 3 is 2.67 bits per heavy atom. The second kappa shape index (κ2) is 3.35. The van der Waals surface area contributed by atoms with Crippen LogP contribution in [0.3, 0.4) is 0 Å². The Kier molecular flexibility index (Phi) is 1.99. The topological polar surface area (TPSA) is 32.8 Å². The normalized spacial score (nSPS) is 28.8. The fraction of sp³-hybridized carbons (Fsp3) is 0.417. The molecule has 1 amide bonds. The highest BCUT2D eigenvalue weighted by Crippen LogP contribution is 2.30. The average molecular weight is 203 g/mol. The van der Waals surface area contributed by atoms with Crippen LogP contribution in [0.1, 0.15) is 5.56 Å². The van der Waals surface area contributed by atoms with Gasteiger partial charge < -0.3 is 9.64 Å². The summed E-state index contributed by atoms with van der Waals surface area (Å²) in [5.74, 6) is 0.398. The molecule has 0 aliphatic carbocycles. The zero-order valence-electron chi connectivity index (χ0n) is 8.43. The van der Waals surface area contributed by atoms with Crippen LogP contribution in [0.15, 0.2) is 30.3 Å². The zero-order chi connectivity index (χ0) is 10.3. The number of benzene rings is 1. The lowest BCUT2D eigenvalue weighted by molar-refractivity contribution is -0.149. The molecule has 1 aromatic carbocycles. The van der Waals surface area contributed by atoms with Crippen molar-refractivity contribution in [1.82, 2.24) is 4.90 Å². The molecule has 0 N–H and O–H groups in total. The van der Waals surface area contributed by atoms with Crippen molar-refractivity contribution in [3.8, 4) is 0 Å².